The predicted octanol–water partition coefficient (Wildman–Crippen LogP) is 1.83. The highest BCUT2D eigenvalue weighted by Gasteiger charge is 2.20. The van der Waals surface area contributed by atoms with Crippen molar-refractivity contribution in [1.82, 2.24) is 0 Å². The molecule has 0 unspecified atom stereocenters. The molecule has 114 valence electrons. The van der Waals surface area contributed by atoms with Gasteiger partial charge in [-0.2, -0.15) is 0 Å². The highest BCUT2D eigenvalue weighted by molar-refractivity contribution is 6.32. The van der Waals surface area contributed by atoms with Gasteiger partial charge < -0.3 is 25.7 Å². The monoisotopic (exact) mass is 302 g/mol. The average molecular weight is 303 g/mol. The quantitative estimate of drug-likeness (QED) is 0.766. The predicted molar refractivity (Wildman–Crippen MR) is 81.0 cm³/mol. The molecule has 0 aliphatic carbocycles. The summed E-state index contributed by atoms with van der Waals surface area (Å²) in [4.78, 5) is 0. The molecule has 0 spiro atoms. The zero-order valence-corrected chi connectivity index (χ0v) is 13.0. The lowest BCUT2D eigenvalue weighted by Crippen LogP contribution is -2.23. The zero-order chi connectivity index (χ0) is 15.1. The summed E-state index contributed by atoms with van der Waals surface area (Å²) in [5, 5.41) is 0.497. The average Bonchev–Trinajstić information content (AvgIpc) is 2.47. The summed E-state index contributed by atoms with van der Waals surface area (Å²) in [6, 6.07) is 1.84. The van der Waals surface area contributed by atoms with Crippen LogP contribution >= 0.6 is 11.6 Å². The molecule has 0 aliphatic rings. The molecule has 6 heteroatoms. The molecule has 0 atom stereocenters. The van der Waals surface area contributed by atoms with E-state index in [1.165, 1.54) is 0 Å². The molecule has 5 nitrogen and oxygen atoms in total. The number of hydrogen-bond donors (Lipinski definition) is 2. The second kappa shape index (κ2) is 8.19. The summed E-state index contributed by atoms with van der Waals surface area (Å²) in [5.74, 6) is 1.91. The molecule has 1 rings (SSSR count). The van der Waals surface area contributed by atoms with Crippen molar-refractivity contribution >= 4 is 11.6 Å². The second-order valence-electron chi connectivity index (χ2n) is 4.49. The molecular weight excluding hydrogens is 280 g/mol. The molecule has 1 aromatic carbocycles. The van der Waals surface area contributed by atoms with Crippen LogP contribution in [0.2, 0.25) is 5.02 Å². The van der Waals surface area contributed by atoms with Crippen LogP contribution in [0.15, 0.2) is 6.07 Å². The molecule has 1 aromatic rings. The van der Waals surface area contributed by atoms with E-state index in [-0.39, 0.29) is 5.92 Å². The Labute approximate surface area is 125 Å². The van der Waals surface area contributed by atoms with Crippen molar-refractivity contribution in [3.63, 3.8) is 0 Å². The minimum absolute atomic E-state index is 0.284. The number of halogens is 1. The maximum absolute atomic E-state index is 6.22. The van der Waals surface area contributed by atoms with E-state index >= 15 is 0 Å². The first-order valence-electron chi connectivity index (χ1n) is 6.50. The van der Waals surface area contributed by atoms with Crippen molar-refractivity contribution in [3.05, 3.63) is 16.7 Å². The Hall–Kier alpha value is -1.17. The van der Waals surface area contributed by atoms with Gasteiger partial charge in [-0.25, -0.2) is 0 Å². The Morgan fingerprint density at radius 2 is 1.55 bits per heavy atom. The van der Waals surface area contributed by atoms with E-state index in [0.717, 1.165) is 18.4 Å². The summed E-state index contributed by atoms with van der Waals surface area (Å²) in [6.45, 7) is 1.14. The third kappa shape index (κ3) is 3.69. The van der Waals surface area contributed by atoms with Gasteiger partial charge in [0.25, 0.3) is 0 Å². The van der Waals surface area contributed by atoms with Crippen molar-refractivity contribution in [2.45, 2.75) is 12.8 Å². The van der Waals surface area contributed by atoms with E-state index in [4.69, 9.17) is 37.3 Å². The summed E-state index contributed by atoms with van der Waals surface area (Å²) in [7, 11) is 4.70. The number of nitrogens with two attached hydrogens (primary N) is 2. The topological polar surface area (TPSA) is 79.7 Å². The Morgan fingerprint density at radius 3 is 2.00 bits per heavy atom. The molecule has 0 radical (unpaired) electrons. The third-order valence-corrected chi connectivity index (χ3v) is 3.60. The van der Waals surface area contributed by atoms with Crippen LogP contribution in [0.1, 0.15) is 12.0 Å². The number of benzene rings is 1. The molecule has 0 heterocycles. The van der Waals surface area contributed by atoms with Gasteiger partial charge in [0.05, 0.1) is 26.4 Å². The van der Waals surface area contributed by atoms with Crippen molar-refractivity contribution in [2.24, 2.45) is 17.4 Å². The maximum atomic E-state index is 6.22. The summed E-state index contributed by atoms with van der Waals surface area (Å²) < 4.78 is 16.0. The second-order valence-corrected chi connectivity index (χ2v) is 4.90. The minimum atomic E-state index is 0.284. The van der Waals surface area contributed by atoms with Crippen molar-refractivity contribution in [2.75, 3.05) is 34.4 Å². The molecule has 0 amide bonds. The SMILES string of the molecule is COc1c(Cl)cc(CCC(CN)CN)c(OC)c1OC. The Bertz CT molecular complexity index is 437. The van der Waals surface area contributed by atoms with Gasteiger partial charge in [-0.15, -0.1) is 0 Å². The fourth-order valence-corrected chi connectivity index (χ4v) is 2.41. The van der Waals surface area contributed by atoms with Crippen LogP contribution in [0.25, 0.3) is 0 Å². The van der Waals surface area contributed by atoms with Gasteiger partial charge >= 0.3 is 0 Å². The molecule has 4 N–H and O–H groups in total. The van der Waals surface area contributed by atoms with Crippen LogP contribution in [-0.2, 0) is 6.42 Å². The van der Waals surface area contributed by atoms with Crippen LogP contribution in [-0.4, -0.2) is 34.4 Å². The first kappa shape index (κ1) is 16.9. The third-order valence-electron chi connectivity index (χ3n) is 3.32. The zero-order valence-electron chi connectivity index (χ0n) is 12.2. The number of methoxy groups -OCH3 is 3. The van der Waals surface area contributed by atoms with Crippen LogP contribution in [0, 0.1) is 5.92 Å². The van der Waals surface area contributed by atoms with E-state index in [1.807, 2.05) is 6.07 Å². The molecular formula is C14H23ClN2O3. The number of rotatable bonds is 8. The summed E-state index contributed by atoms with van der Waals surface area (Å²) in [6.07, 6.45) is 1.64. The van der Waals surface area contributed by atoms with E-state index in [2.05, 4.69) is 0 Å². The van der Waals surface area contributed by atoms with Crippen LogP contribution in [0.4, 0.5) is 0 Å². The van der Waals surface area contributed by atoms with E-state index < -0.39 is 0 Å². The van der Waals surface area contributed by atoms with Crippen LogP contribution in [0.3, 0.4) is 0 Å². The smallest absolute Gasteiger partial charge is 0.205 e. The van der Waals surface area contributed by atoms with Crippen molar-refractivity contribution in [3.8, 4) is 17.2 Å². The Balaban J connectivity index is 3.09. The van der Waals surface area contributed by atoms with Crippen molar-refractivity contribution in [1.29, 1.82) is 0 Å². The van der Waals surface area contributed by atoms with Crippen LogP contribution < -0.4 is 25.7 Å². The molecule has 0 aromatic heterocycles. The lowest BCUT2D eigenvalue weighted by molar-refractivity contribution is 0.321. The first-order valence-corrected chi connectivity index (χ1v) is 6.88. The standard InChI is InChI=1S/C14H23ClN2O3/c1-18-12-10(5-4-9(7-16)8-17)6-11(15)13(19-2)14(12)20-3/h6,9H,4-5,7-8,16-17H2,1-3H3. The van der Waals surface area contributed by atoms with Gasteiger partial charge in [0.2, 0.25) is 5.75 Å². The number of hydrogen-bond acceptors (Lipinski definition) is 5. The normalized spacial score (nSPS) is 10.8. The molecule has 0 saturated carbocycles. The summed E-state index contributed by atoms with van der Waals surface area (Å²) >= 11 is 6.22. The Kier molecular flexibility index (Phi) is 6.91. The molecule has 0 bridgehead atoms. The number of ether oxygens (including phenoxy) is 3. The molecule has 0 aliphatic heterocycles. The highest BCUT2D eigenvalue weighted by atomic mass is 35.5. The van der Waals surface area contributed by atoms with Gasteiger partial charge in [0.15, 0.2) is 11.5 Å². The fraction of sp³-hybridized carbons (Fsp3) is 0.571. The van der Waals surface area contributed by atoms with Gasteiger partial charge in [-0.3, -0.25) is 0 Å². The lowest BCUT2D eigenvalue weighted by Gasteiger charge is -2.18. The lowest BCUT2D eigenvalue weighted by atomic mass is 9.98. The van der Waals surface area contributed by atoms with Gasteiger partial charge in [-0.05, 0) is 43.5 Å². The van der Waals surface area contributed by atoms with Gasteiger partial charge in [-0.1, -0.05) is 11.6 Å². The van der Waals surface area contributed by atoms with Gasteiger partial charge in [0, 0.05) is 0 Å². The fourth-order valence-electron chi connectivity index (χ4n) is 2.12. The number of aryl methyl sites for hydroxylation is 1. The summed E-state index contributed by atoms with van der Waals surface area (Å²) in [5.41, 5.74) is 12.3. The maximum Gasteiger partial charge on any atom is 0.205 e. The van der Waals surface area contributed by atoms with E-state index in [9.17, 15) is 0 Å². The van der Waals surface area contributed by atoms with Gasteiger partial charge in [0.1, 0.15) is 0 Å². The minimum Gasteiger partial charge on any atom is -0.492 e. The molecule has 0 saturated heterocycles. The largest absolute Gasteiger partial charge is 0.492 e. The highest BCUT2D eigenvalue weighted by Crippen LogP contribution is 2.45. The van der Waals surface area contributed by atoms with E-state index in [0.29, 0.717) is 35.4 Å². The van der Waals surface area contributed by atoms with Crippen molar-refractivity contribution < 1.29 is 14.2 Å². The van der Waals surface area contributed by atoms with E-state index in [1.54, 1.807) is 21.3 Å². The Morgan fingerprint density at radius 1 is 1.00 bits per heavy atom. The first-order chi connectivity index (χ1) is 9.62. The molecule has 0 fully saturated rings. The molecule has 20 heavy (non-hydrogen) atoms. The van der Waals surface area contributed by atoms with Crippen LogP contribution in [0.5, 0.6) is 17.2 Å².